The zero-order chi connectivity index (χ0) is 20.3. The predicted molar refractivity (Wildman–Crippen MR) is 113 cm³/mol. The van der Waals surface area contributed by atoms with Crippen LogP contribution in [0, 0.1) is 13.8 Å². The van der Waals surface area contributed by atoms with Crippen LogP contribution in [0.25, 0.3) is 11.0 Å². The summed E-state index contributed by atoms with van der Waals surface area (Å²) in [5.74, 6) is 0.875. The first-order valence-corrected chi connectivity index (χ1v) is 9.45. The molecule has 2 aromatic carbocycles. The monoisotopic (exact) mass is 380 g/mol. The summed E-state index contributed by atoms with van der Waals surface area (Å²) in [6, 6.07) is 13.9. The number of fused-ring (bicyclic) bond motifs is 1. The van der Waals surface area contributed by atoms with Gasteiger partial charge < -0.3 is 19.4 Å². The number of nitrogens with zero attached hydrogens (tertiary/aromatic N) is 1. The van der Waals surface area contributed by atoms with Gasteiger partial charge in [-0.2, -0.15) is 0 Å². The third-order valence-corrected chi connectivity index (χ3v) is 5.29. The topological polar surface area (TPSA) is 54.7 Å². The van der Waals surface area contributed by atoms with Crippen molar-refractivity contribution in [1.29, 1.82) is 0 Å². The van der Waals surface area contributed by atoms with E-state index in [1.165, 1.54) is 0 Å². The molecule has 0 aliphatic heterocycles. The number of para-hydroxylation sites is 1. The quantitative estimate of drug-likeness (QED) is 0.632. The third kappa shape index (κ3) is 4.11. The molecule has 0 spiro atoms. The van der Waals surface area contributed by atoms with Crippen LogP contribution in [0.1, 0.15) is 28.3 Å². The molecule has 3 aromatic rings. The van der Waals surface area contributed by atoms with E-state index in [1.54, 1.807) is 13.2 Å². The van der Waals surface area contributed by atoms with Crippen LogP contribution >= 0.6 is 0 Å². The summed E-state index contributed by atoms with van der Waals surface area (Å²) in [4.78, 5) is 14.2. The van der Waals surface area contributed by atoms with Crippen LogP contribution in [0.4, 0.5) is 0 Å². The highest BCUT2D eigenvalue weighted by Crippen LogP contribution is 2.28. The van der Waals surface area contributed by atoms with Crippen LogP contribution in [0.5, 0.6) is 5.75 Å². The summed E-state index contributed by atoms with van der Waals surface area (Å²) in [7, 11) is 5.80. The molecular weight excluding hydrogens is 352 g/mol. The van der Waals surface area contributed by atoms with Gasteiger partial charge >= 0.3 is 5.63 Å². The van der Waals surface area contributed by atoms with E-state index in [2.05, 4.69) is 36.4 Å². The highest BCUT2D eigenvalue weighted by molar-refractivity contribution is 5.83. The molecule has 0 saturated heterocycles. The van der Waals surface area contributed by atoms with Crippen LogP contribution in [0.3, 0.4) is 0 Å². The molecule has 1 aromatic heterocycles. The molecule has 0 fully saturated rings. The Kier molecular flexibility index (Phi) is 6.17. The SMILES string of the molecule is COc1ccccc1[C@@H](CNCc1cc(=O)oc2c(C)c(C)ccc12)N(C)C. The van der Waals surface area contributed by atoms with Gasteiger partial charge in [0.05, 0.1) is 13.2 Å². The van der Waals surface area contributed by atoms with E-state index in [0.29, 0.717) is 12.1 Å². The van der Waals surface area contributed by atoms with Gasteiger partial charge in [-0.1, -0.05) is 30.3 Å². The number of nitrogens with one attached hydrogen (secondary N) is 1. The summed E-state index contributed by atoms with van der Waals surface area (Å²) in [6.07, 6.45) is 0. The smallest absolute Gasteiger partial charge is 0.336 e. The van der Waals surface area contributed by atoms with Gasteiger partial charge in [0, 0.05) is 30.1 Å². The van der Waals surface area contributed by atoms with Gasteiger partial charge in [-0.3, -0.25) is 0 Å². The second-order valence-electron chi connectivity index (χ2n) is 7.33. The van der Waals surface area contributed by atoms with Crippen LogP contribution in [0.15, 0.2) is 51.7 Å². The number of rotatable bonds is 7. The van der Waals surface area contributed by atoms with Crippen LogP contribution in [-0.2, 0) is 6.54 Å². The average molecular weight is 380 g/mol. The van der Waals surface area contributed by atoms with Crippen molar-refractivity contribution < 1.29 is 9.15 Å². The first-order valence-electron chi connectivity index (χ1n) is 9.45. The van der Waals surface area contributed by atoms with E-state index in [1.807, 2.05) is 38.1 Å². The Morgan fingerprint density at radius 3 is 2.61 bits per heavy atom. The van der Waals surface area contributed by atoms with Gasteiger partial charge in [0.2, 0.25) is 0 Å². The minimum Gasteiger partial charge on any atom is -0.496 e. The predicted octanol–water partition coefficient (Wildman–Crippen LogP) is 3.81. The van der Waals surface area contributed by atoms with Crippen molar-refractivity contribution in [2.75, 3.05) is 27.7 Å². The Bertz CT molecular complexity index is 1020. The normalized spacial score (nSPS) is 12.5. The van der Waals surface area contributed by atoms with E-state index < -0.39 is 0 Å². The van der Waals surface area contributed by atoms with Gasteiger partial charge in [-0.15, -0.1) is 0 Å². The number of aryl methyl sites for hydroxylation is 2. The number of ether oxygens (including phenoxy) is 1. The minimum absolute atomic E-state index is 0.145. The molecule has 5 nitrogen and oxygen atoms in total. The molecule has 28 heavy (non-hydrogen) atoms. The van der Waals surface area contributed by atoms with E-state index in [4.69, 9.17) is 9.15 Å². The summed E-state index contributed by atoms with van der Waals surface area (Å²) in [5.41, 5.74) is 4.57. The molecule has 3 rings (SSSR count). The Morgan fingerprint density at radius 1 is 1.14 bits per heavy atom. The Balaban J connectivity index is 1.84. The zero-order valence-corrected chi connectivity index (χ0v) is 17.2. The van der Waals surface area contributed by atoms with Gasteiger partial charge in [0.15, 0.2) is 0 Å². The van der Waals surface area contributed by atoms with E-state index in [9.17, 15) is 4.79 Å². The fourth-order valence-electron chi connectivity index (χ4n) is 3.53. The fraction of sp³-hybridized carbons (Fsp3) is 0.348. The van der Waals surface area contributed by atoms with Gasteiger partial charge in [-0.05, 0) is 50.7 Å². The second-order valence-corrected chi connectivity index (χ2v) is 7.33. The largest absolute Gasteiger partial charge is 0.496 e. The van der Waals surface area contributed by atoms with Gasteiger partial charge in [0.25, 0.3) is 0 Å². The first-order chi connectivity index (χ1) is 13.4. The molecule has 1 heterocycles. The number of benzene rings is 2. The van der Waals surface area contributed by atoms with Crippen molar-refractivity contribution in [3.8, 4) is 5.75 Å². The molecule has 0 aliphatic rings. The van der Waals surface area contributed by atoms with Crippen LogP contribution in [-0.4, -0.2) is 32.6 Å². The van der Waals surface area contributed by atoms with Crippen LogP contribution in [0.2, 0.25) is 0 Å². The molecule has 1 N–H and O–H groups in total. The van der Waals surface area contributed by atoms with E-state index in [-0.39, 0.29) is 11.7 Å². The molecule has 0 amide bonds. The van der Waals surface area contributed by atoms with E-state index in [0.717, 1.165) is 39.9 Å². The van der Waals surface area contributed by atoms with Crippen molar-refractivity contribution in [2.45, 2.75) is 26.4 Å². The first kappa shape index (κ1) is 20.1. The number of hydrogen-bond acceptors (Lipinski definition) is 5. The van der Waals surface area contributed by atoms with Crippen molar-refractivity contribution in [3.05, 3.63) is 75.1 Å². The molecule has 0 radical (unpaired) electrons. The summed E-state index contributed by atoms with van der Waals surface area (Å²) >= 11 is 0. The van der Waals surface area contributed by atoms with E-state index >= 15 is 0 Å². The lowest BCUT2D eigenvalue weighted by atomic mass is 10.0. The summed E-state index contributed by atoms with van der Waals surface area (Å²) < 4.78 is 11.0. The maximum absolute atomic E-state index is 12.1. The lowest BCUT2D eigenvalue weighted by Gasteiger charge is -2.26. The van der Waals surface area contributed by atoms with Gasteiger partial charge in [-0.25, -0.2) is 4.79 Å². The Morgan fingerprint density at radius 2 is 1.89 bits per heavy atom. The van der Waals surface area contributed by atoms with Crippen molar-refractivity contribution >= 4 is 11.0 Å². The second kappa shape index (κ2) is 8.59. The minimum atomic E-state index is -0.313. The molecule has 0 aliphatic carbocycles. The summed E-state index contributed by atoms with van der Waals surface area (Å²) in [6.45, 7) is 5.32. The molecule has 0 bridgehead atoms. The summed E-state index contributed by atoms with van der Waals surface area (Å²) in [5, 5.41) is 4.49. The fourth-order valence-corrected chi connectivity index (χ4v) is 3.53. The molecular formula is C23H28N2O3. The maximum Gasteiger partial charge on any atom is 0.336 e. The molecule has 5 heteroatoms. The lowest BCUT2D eigenvalue weighted by molar-refractivity contribution is 0.279. The maximum atomic E-state index is 12.1. The zero-order valence-electron chi connectivity index (χ0n) is 17.2. The standard InChI is InChI=1S/C23H28N2O3/c1-15-10-11-18-17(12-22(26)28-23(18)16(15)2)13-24-14-20(25(3)4)19-8-6-7-9-21(19)27-5/h6-12,20,24H,13-14H2,1-5H3/t20-/m1/s1. The van der Waals surface area contributed by atoms with Crippen molar-refractivity contribution in [3.63, 3.8) is 0 Å². The Hall–Kier alpha value is -2.63. The molecule has 0 saturated carbocycles. The highest BCUT2D eigenvalue weighted by Gasteiger charge is 2.18. The van der Waals surface area contributed by atoms with Crippen molar-refractivity contribution in [1.82, 2.24) is 10.2 Å². The highest BCUT2D eigenvalue weighted by atomic mass is 16.5. The molecule has 148 valence electrons. The lowest BCUT2D eigenvalue weighted by Crippen LogP contribution is -2.31. The number of likely N-dealkylation sites (N-methyl/N-ethyl adjacent to an activating group) is 1. The average Bonchev–Trinajstić information content (AvgIpc) is 2.68. The van der Waals surface area contributed by atoms with Crippen LogP contribution < -0.4 is 15.7 Å². The molecule has 0 unspecified atom stereocenters. The number of hydrogen-bond donors (Lipinski definition) is 1. The van der Waals surface area contributed by atoms with Gasteiger partial charge in [0.1, 0.15) is 11.3 Å². The third-order valence-electron chi connectivity index (χ3n) is 5.29. The van der Waals surface area contributed by atoms with Crippen molar-refractivity contribution in [2.24, 2.45) is 0 Å². The Labute approximate surface area is 165 Å². The molecule has 1 atom stereocenters. The number of methoxy groups -OCH3 is 1.